The summed E-state index contributed by atoms with van der Waals surface area (Å²) in [6.45, 7) is 6.46. The molecular weight excluding hydrogens is 268 g/mol. The van der Waals surface area contributed by atoms with Crippen molar-refractivity contribution in [1.29, 1.82) is 0 Å². The summed E-state index contributed by atoms with van der Waals surface area (Å²) in [7, 11) is 0. The first kappa shape index (κ1) is 16.0. The van der Waals surface area contributed by atoms with Crippen molar-refractivity contribution in [3.05, 3.63) is 0 Å². The standard InChI is InChI=1S/C15H30N4S/c1-2-3-8-17-14(16)18-13-15(6-4-5-7-15)19-9-11-20-12-10-19/h2-13H2,1H3,(H3,16,17,18). The van der Waals surface area contributed by atoms with Gasteiger partial charge in [0.25, 0.3) is 0 Å². The second-order valence-corrected chi connectivity index (χ2v) is 7.24. The molecule has 0 radical (unpaired) electrons. The molecule has 3 N–H and O–H groups in total. The Balaban J connectivity index is 1.89. The second-order valence-electron chi connectivity index (χ2n) is 6.01. The van der Waals surface area contributed by atoms with Crippen molar-refractivity contribution in [2.45, 2.75) is 51.0 Å². The minimum absolute atomic E-state index is 0.304. The zero-order valence-corrected chi connectivity index (χ0v) is 13.7. The molecule has 0 atom stereocenters. The molecule has 0 aromatic carbocycles. The first-order valence-electron chi connectivity index (χ1n) is 8.13. The third-order valence-corrected chi connectivity index (χ3v) is 5.54. The normalized spacial score (nSPS) is 23.9. The molecule has 0 bridgehead atoms. The molecule has 116 valence electrons. The van der Waals surface area contributed by atoms with E-state index in [9.17, 15) is 0 Å². The number of nitrogens with zero attached hydrogens (tertiary/aromatic N) is 2. The highest BCUT2D eigenvalue weighted by molar-refractivity contribution is 7.99. The summed E-state index contributed by atoms with van der Waals surface area (Å²) in [5, 5.41) is 3.23. The highest BCUT2D eigenvalue weighted by atomic mass is 32.2. The van der Waals surface area contributed by atoms with E-state index in [2.05, 4.69) is 33.9 Å². The van der Waals surface area contributed by atoms with E-state index in [1.165, 1.54) is 56.7 Å². The number of unbranched alkanes of at least 4 members (excludes halogenated alkanes) is 1. The van der Waals surface area contributed by atoms with Gasteiger partial charge in [0, 0.05) is 36.7 Å². The van der Waals surface area contributed by atoms with Crippen LogP contribution in [-0.4, -0.2) is 54.1 Å². The lowest BCUT2D eigenvalue weighted by molar-refractivity contribution is 0.112. The maximum atomic E-state index is 6.00. The SMILES string of the molecule is CCCCNC(N)=NCC1(N2CCSCC2)CCCC1. The van der Waals surface area contributed by atoms with Crippen LogP contribution in [-0.2, 0) is 0 Å². The van der Waals surface area contributed by atoms with E-state index in [0.29, 0.717) is 11.5 Å². The van der Waals surface area contributed by atoms with Crippen LogP contribution in [0.3, 0.4) is 0 Å². The molecule has 4 nitrogen and oxygen atoms in total. The van der Waals surface area contributed by atoms with Gasteiger partial charge >= 0.3 is 0 Å². The Kier molecular flexibility index (Phi) is 6.49. The van der Waals surface area contributed by atoms with Gasteiger partial charge in [-0.25, -0.2) is 0 Å². The number of thioether (sulfide) groups is 1. The molecule has 0 amide bonds. The van der Waals surface area contributed by atoms with E-state index < -0.39 is 0 Å². The fraction of sp³-hybridized carbons (Fsp3) is 0.933. The Morgan fingerprint density at radius 3 is 2.65 bits per heavy atom. The Labute approximate surface area is 128 Å². The van der Waals surface area contributed by atoms with Crippen molar-refractivity contribution in [3.8, 4) is 0 Å². The second kappa shape index (κ2) is 8.13. The highest BCUT2D eigenvalue weighted by Gasteiger charge is 2.39. The summed E-state index contributed by atoms with van der Waals surface area (Å²) in [5.41, 5.74) is 6.30. The van der Waals surface area contributed by atoms with Gasteiger partial charge in [-0.05, 0) is 19.3 Å². The predicted molar refractivity (Wildman–Crippen MR) is 89.5 cm³/mol. The molecule has 0 aromatic heterocycles. The van der Waals surface area contributed by atoms with Crippen LogP contribution in [0.25, 0.3) is 0 Å². The minimum atomic E-state index is 0.304. The lowest BCUT2D eigenvalue weighted by atomic mass is 9.95. The quantitative estimate of drug-likeness (QED) is 0.448. The summed E-state index contributed by atoms with van der Waals surface area (Å²) in [5.74, 6) is 3.18. The van der Waals surface area contributed by atoms with E-state index in [1.807, 2.05) is 0 Å². The maximum absolute atomic E-state index is 6.00. The lowest BCUT2D eigenvalue weighted by Gasteiger charge is -2.42. The van der Waals surface area contributed by atoms with Crippen LogP contribution in [0, 0.1) is 0 Å². The smallest absolute Gasteiger partial charge is 0.188 e. The molecule has 5 heteroatoms. The molecule has 0 spiro atoms. The molecule has 1 aliphatic carbocycles. The fourth-order valence-electron chi connectivity index (χ4n) is 3.33. The van der Waals surface area contributed by atoms with E-state index in [1.54, 1.807) is 0 Å². The van der Waals surface area contributed by atoms with Gasteiger partial charge in [0.2, 0.25) is 0 Å². The van der Waals surface area contributed by atoms with Crippen molar-refractivity contribution in [3.63, 3.8) is 0 Å². The van der Waals surface area contributed by atoms with Gasteiger partial charge < -0.3 is 11.1 Å². The zero-order valence-electron chi connectivity index (χ0n) is 12.9. The summed E-state index contributed by atoms with van der Waals surface area (Å²) in [4.78, 5) is 7.35. The molecule has 1 heterocycles. The molecule has 0 unspecified atom stereocenters. The van der Waals surface area contributed by atoms with E-state index >= 15 is 0 Å². The summed E-state index contributed by atoms with van der Waals surface area (Å²) in [6.07, 6.45) is 7.64. The van der Waals surface area contributed by atoms with Crippen molar-refractivity contribution in [2.24, 2.45) is 10.7 Å². The lowest BCUT2D eigenvalue weighted by Crippen LogP contribution is -2.53. The number of aliphatic imine (C=N–C) groups is 1. The largest absolute Gasteiger partial charge is 0.370 e. The van der Waals surface area contributed by atoms with Gasteiger partial charge in [0.1, 0.15) is 0 Å². The molecule has 20 heavy (non-hydrogen) atoms. The average molecular weight is 299 g/mol. The van der Waals surface area contributed by atoms with Gasteiger partial charge in [-0.1, -0.05) is 26.2 Å². The third kappa shape index (κ3) is 4.29. The van der Waals surface area contributed by atoms with Gasteiger partial charge in [-0.2, -0.15) is 11.8 Å². The van der Waals surface area contributed by atoms with Crippen LogP contribution in [0.1, 0.15) is 45.4 Å². The number of nitrogens with one attached hydrogen (secondary N) is 1. The summed E-state index contributed by atoms with van der Waals surface area (Å²) < 4.78 is 0. The number of hydrogen-bond donors (Lipinski definition) is 2. The van der Waals surface area contributed by atoms with Crippen LogP contribution in [0.15, 0.2) is 4.99 Å². The van der Waals surface area contributed by atoms with Crippen molar-refractivity contribution >= 4 is 17.7 Å². The van der Waals surface area contributed by atoms with Crippen LogP contribution in [0.2, 0.25) is 0 Å². The molecule has 2 aliphatic rings. The van der Waals surface area contributed by atoms with E-state index in [-0.39, 0.29) is 0 Å². The van der Waals surface area contributed by atoms with E-state index in [0.717, 1.165) is 19.5 Å². The van der Waals surface area contributed by atoms with Crippen LogP contribution >= 0.6 is 11.8 Å². The molecule has 1 saturated carbocycles. The van der Waals surface area contributed by atoms with Crippen LogP contribution in [0.5, 0.6) is 0 Å². The highest BCUT2D eigenvalue weighted by Crippen LogP contribution is 2.36. The van der Waals surface area contributed by atoms with Crippen molar-refractivity contribution in [2.75, 3.05) is 37.7 Å². The Bertz CT molecular complexity index is 307. The molecule has 2 fully saturated rings. The monoisotopic (exact) mass is 298 g/mol. The maximum Gasteiger partial charge on any atom is 0.188 e. The number of guanidine groups is 1. The van der Waals surface area contributed by atoms with Crippen LogP contribution < -0.4 is 11.1 Å². The zero-order chi connectivity index (χ0) is 14.3. The Morgan fingerprint density at radius 2 is 2.00 bits per heavy atom. The minimum Gasteiger partial charge on any atom is -0.370 e. The number of rotatable bonds is 6. The number of hydrogen-bond acceptors (Lipinski definition) is 3. The molecule has 1 saturated heterocycles. The van der Waals surface area contributed by atoms with Crippen molar-refractivity contribution < 1.29 is 0 Å². The van der Waals surface area contributed by atoms with Gasteiger partial charge in [-0.15, -0.1) is 0 Å². The molecule has 0 aromatic rings. The molecule has 1 aliphatic heterocycles. The van der Waals surface area contributed by atoms with Gasteiger partial charge in [-0.3, -0.25) is 9.89 Å². The molecule has 2 rings (SSSR count). The predicted octanol–water partition coefficient (Wildman–Crippen LogP) is 2.05. The average Bonchev–Trinajstić information content (AvgIpc) is 2.97. The van der Waals surface area contributed by atoms with Crippen LogP contribution in [0.4, 0.5) is 0 Å². The molecular formula is C15H30N4S. The Morgan fingerprint density at radius 1 is 1.30 bits per heavy atom. The first-order chi connectivity index (χ1) is 9.77. The third-order valence-electron chi connectivity index (χ3n) is 4.60. The summed E-state index contributed by atoms with van der Waals surface area (Å²) >= 11 is 2.08. The topological polar surface area (TPSA) is 53.6 Å². The van der Waals surface area contributed by atoms with Crippen molar-refractivity contribution in [1.82, 2.24) is 10.2 Å². The summed E-state index contributed by atoms with van der Waals surface area (Å²) in [6, 6.07) is 0. The van der Waals surface area contributed by atoms with E-state index in [4.69, 9.17) is 5.73 Å². The van der Waals surface area contributed by atoms with Gasteiger partial charge in [0.05, 0.1) is 6.54 Å². The number of nitrogens with two attached hydrogens (primary N) is 1. The van der Waals surface area contributed by atoms with Gasteiger partial charge in [0.15, 0.2) is 5.96 Å². The fourth-order valence-corrected chi connectivity index (χ4v) is 4.23. The Hall–Kier alpha value is -0.420. The first-order valence-corrected chi connectivity index (χ1v) is 9.29.